The molecular weight excluding hydrogens is 336 g/mol. The first-order valence-electron chi connectivity index (χ1n) is 8.72. The molecule has 0 atom stereocenters. The van der Waals surface area contributed by atoms with Gasteiger partial charge in [0, 0.05) is 18.2 Å². The van der Waals surface area contributed by atoms with E-state index >= 15 is 0 Å². The van der Waals surface area contributed by atoms with Crippen LogP contribution in [-0.2, 0) is 6.54 Å². The van der Waals surface area contributed by atoms with E-state index in [0.717, 1.165) is 17.0 Å². The van der Waals surface area contributed by atoms with Crippen molar-refractivity contribution in [3.8, 4) is 17.0 Å². The fraction of sp³-hybridized carbons (Fsp3) is 0.0909. The Bertz CT molecular complexity index is 1090. The molecule has 0 fully saturated rings. The van der Waals surface area contributed by atoms with Crippen LogP contribution in [0.2, 0.25) is 0 Å². The Morgan fingerprint density at radius 1 is 0.889 bits per heavy atom. The highest BCUT2D eigenvalue weighted by molar-refractivity contribution is 5.83. The molecule has 134 valence electrons. The topological polar surface area (TPSA) is 73.1 Å². The van der Waals surface area contributed by atoms with Crippen molar-refractivity contribution in [3.05, 3.63) is 78.4 Å². The summed E-state index contributed by atoms with van der Waals surface area (Å²) in [5.74, 6) is 1.69. The number of nitrogen functional groups attached to an aromatic ring is 1. The molecule has 27 heavy (non-hydrogen) atoms. The van der Waals surface area contributed by atoms with Gasteiger partial charge in [0.1, 0.15) is 11.6 Å². The van der Waals surface area contributed by atoms with E-state index in [2.05, 4.69) is 45.6 Å². The Morgan fingerprint density at radius 3 is 2.59 bits per heavy atom. The predicted molar refractivity (Wildman–Crippen MR) is 110 cm³/mol. The highest BCUT2D eigenvalue weighted by Crippen LogP contribution is 2.25. The van der Waals surface area contributed by atoms with Gasteiger partial charge in [-0.15, -0.1) is 0 Å². The molecule has 0 radical (unpaired) electrons. The van der Waals surface area contributed by atoms with E-state index in [1.54, 1.807) is 7.11 Å². The lowest BCUT2D eigenvalue weighted by atomic mass is 10.1. The highest BCUT2D eigenvalue weighted by Gasteiger charge is 2.06. The van der Waals surface area contributed by atoms with Crippen LogP contribution < -0.4 is 15.8 Å². The minimum Gasteiger partial charge on any atom is -0.497 e. The SMILES string of the molecule is COc1cccc(-c2cc(NCc3ccc4ccccc4c3)nc(N)n2)c1. The van der Waals surface area contributed by atoms with Crippen LogP contribution in [0.5, 0.6) is 5.75 Å². The highest BCUT2D eigenvalue weighted by atomic mass is 16.5. The molecule has 0 aliphatic rings. The van der Waals surface area contributed by atoms with Gasteiger partial charge in [0.15, 0.2) is 0 Å². The summed E-state index contributed by atoms with van der Waals surface area (Å²) in [5.41, 5.74) is 8.77. The number of anilines is 2. The Balaban J connectivity index is 1.57. The van der Waals surface area contributed by atoms with E-state index in [0.29, 0.717) is 12.4 Å². The molecule has 4 aromatic rings. The number of aromatic nitrogens is 2. The van der Waals surface area contributed by atoms with E-state index in [9.17, 15) is 0 Å². The Hall–Kier alpha value is -3.60. The fourth-order valence-corrected chi connectivity index (χ4v) is 3.03. The number of nitrogens with one attached hydrogen (secondary N) is 1. The third kappa shape index (κ3) is 3.82. The quantitative estimate of drug-likeness (QED) is 0.551. The summed E-state index contributed by atoms with van der Waals surface area (Å²) < 4.78 is 5.29. The zero-order valence-corrected chi connectivity index (χ0v) is 15.0. The molecular formula is C22H20N4O. The van der Waals surface area contributed by atoms with Crippen LogP contribution in [-0.4, -0.2) is 17.1 Å². The molecule has 0 saturated heterocycles. The largest absolute Gasteiger partial charge is 0.497 e. The van der Waals surface area contributed by atoms with Crippen molar-refractivity contribution < 1.29 is 4.74 Å². The van der Waals surface area contributed by atoms with Crippen LogP contribution >= 0.6 is 0 Å². The predicted octanol–water partition coefficient (Wildman–Crippen LogP) is 4.50. The van der Waals surface area contributed by atoms with Crippen LogP contribution in [0.15, 0.2) is 72.8 Å². The maximum Gasteiger partial charge on any atom is 0.222 e. The molecule has 0 aliphatic carbocycles. The zero-order chi connectivity index (χ0) is 18.6. The van der Waals surface area contributed by atoms with Crippen molar-refractivity contribution in [2.45, 2.75) is 6.54 Å². The molecule has 0 amide bonds. The second-order valence-corrected chi connectivity index (χ2v) is 6.26. The molecule has 0 aliphatic heterocycles. The van der Waals surface area contributed by atoms with Crippen LogP contribution in [0.4, 0.5) is 11.8 Å². The zero-order valence-electron chi connectivity index (χ0n) is 15.0. The minimum atomic E-state index is 0.233. The summed E-state index contributed by atoms with van der Waals surface area (Å²) in [6, 6.07) is 24.3. The van der Waals surface area contributed by atoms with Gasteiger partial charge in [-0.2, -0.15) is 4.98 Å². The number of fused-ring (bicyclic) bond motifs is 1. The van der Waals surface area contributed by atoms with Gasteiger partial charge in [-0.25, -0.2) is 4.98 Å². The third-order valence-corrected chi connectivity index (χ3v) is 4.40. The van der Waals surface area contributed by atoms with E-state index in [4.69, 9.17) is 10.5 Å². The standard InChI is InChI=1S/C22H20N4O/c1-27-19-8-4-7-18(12-19)20-13-21(26-22(23)25-20)24-14-15-9-10-16-5-2-3-6-17(16)11-15/h2-13H,14H2,1H3,(H3,23,24,25,26). The molecule has 0 unspecified atom stereocenters. The number of nitrogens with zero attached hydrogens (tertiary/aromatic N) is 2. The number of rotatable bonds is 5. The van der Waals surface area contributed by atoms with Crippen LogP contribution in [0.1, 0.15) is 5.56 Å². The second-order valence-electron chi connectivity index (χ2n) is 6.26. The van der Waals surface area contributed by atoms with Gasteiger partial charge >= 0.3 is 0 Å². The Kier molecular flexibility index (Phi) is 4.58. The molecule has 0 saturated carbocycles. The Labute approximate surface area is 157 Å². The van der Waals surface area contributed by atoms with Crippen molar-refractivity contribution in [1.29, 1.82) is 0 Å². The van der Waals surface area contributed by atoms with Gasteiger partial charge in [-0.3, -0.25) is 0 Å². The molecule has 3 aromatic carbocycles. The van der Waals surface area contributed by atoms with Crippen molar-refractivity contribution in [2.75, 3.05) is 18.2 Å². The molecule has 1 heterocycles. The number of benzene rings is 3. The summed E-state index contributed by atoms with van der Waals surface area (Å²) in [6.07, 6.45) is 0. The third-order valence-electron chi connectivity index (χ3n) is 4.40. The first-order valence-corrected chi connectivity index (χ1v) is 8.72. The van der Waals surface area contributed by atoms with Crippen molar-refractivity contribution >= 4 is 22.5 Å². The number of methoxy groups -OCH3 is 1. The van der Waals surface area contributed by atoms with E-state index < -0.39 is 0 Å². The summed E-state index contributed by atoms with van der Waals surface area (Å²) in [5, 5.41) is 5.79. The molecule has 5 nitrogen and oxygen atoms in total. The molecule has 0 bridgehead atoms. The van der Waals surface area contributed by atoms with Gasteiger partial charge in [-0.05, 0) is 34.5 Å². The van der Waals surface area contributed by atoms with Crippen LogP contribution in [0, 0.1) is 0 Å². The van der Waals surface area contributed by atoms with Gasteiger partial charge in [-0.1, -0.05) is 48.5 Å². The average molecular weight is 356 g/mol. The lowest BCUT2D eigenvalue weighted by Gasteiger charge is -2.10. The smallest absolute Gasteiger partial charge is 0.222 e. The summed E-state index contributed by atoms with van der Waals surface area (Å²) in [4.78, 5) is 8.65. The molecule has 0 spiro atoms. The maximum absolute atomic E-state index is 5.92. The monoisotopic (exact) mass is 356 g/mol. The van der Waals surface area contributed by atoms with Crippen molar-refractivity contribution in [1.82, 2.24) is 9.97 Å². The second kappa shape index (κ2) is 7.33. The number of hydrogen-bond acceptors (Lipinski definition) is 5. The number of ether oxygens (including phenoxy) is 1. The van der Waals surface area contributed by atoms with Crippen LogP contribution in [0.3, 0.4) is 0 Å². The normalized spacial score (nSPS) is 10.7. The first-order chi connectivity index (χ1) is 13.2. The molecule has 3 N–H and O–H groups in total. The lowest BCUT2D eigenvalue weighted by Crippen LogP contribution is -2.05. The van der Waals surface area contributed by atoms with E-state index in [1.807, 2.05) is 42.5 Å². The number of nitrogens with two attached hydrogens (primary N) is 1. The van der Waals surface area contributed by atoms with Crippen molar-refractivity contribution in [3.63, 3.8) is 0 Å². The van der Waals surface area contributed by atoms with Gasteiger partial charge < -0.3 is 15.8 Å². The van der Waals surface area contributed by atoms with E-state index in [1.165, 1.54) is 16.3 Å². The minimum absolute atomic E-state index is 0.233. The summed E-state index contributed by atoms with van der Waals surface area (Å²) >= 11 is 0. The molecule has 1 aromatic heterocycles. The van der Waals surface area contributed by atoms with Crippen molar-refractivity contribution in [2.24, 2.45) is 0 Å². The summed E-state index contributed by atoms with van der Waals surface area (Å²) in [6.45, 7) is 0.652. The van der Waals surface area contributed by atoms with Gasteiger partial charge in [0.2, 0.25) is 5.95 Å². The molecule has 4 rings (SSSR count). The molecule has 5 heteroatoms. The van der Waals surface area contributed by atoms with E-state index in [-0.39, 0.29) is 5.95 Å². The fourth-order valence-electron chi connectivity index (χ4n) is 3.03. The summed E-state index contributed by atoms with van der Waals surface area (Å²) in [7, 11) is 1.64. The van der Waals surface area contributed by atoms with Crippen LogP contribution in [0.25, 0.3) is 22.0 Å². The number of hydrogen-bond donors (Lipinski definition) is 2. The Morgan fingerprint density at radius 2 is 1.74 bits per heavy atom. The maximum atomic E-state index is 5.92. The first kappa shape index (κ1) is 16.8. The van der Waals surface area contributed by atoms with Gasteiger partial charge in [0.25, 0.3) is 0 Å². The lowest BCUT2D eigenvalue weighted by molar-refractivity contribution is 0.415. The van der Waals surface area contributed by atoms with Gasteiger partial charge in [0.05, 0.1) is 12.8 Å². The average Bonchev–Trinajstić information content (AvgIpc) is 2.72.